The molecular formula is C15H20N2OS2. The molecule has 0 radical (unpaired) electrons. The Bertz CT molecular complexity index is 487. The van der Waals surface area contributed by atoms with Crippen LogP contribution in [0, 0.1) is 0 Å². The lowest BCUT2D eigenvalue weighted by molar-refractivity contribution is 0.0954. The Kier molecular flexibility index (Phi) is 4.78. The largest absolute Gasteiger partial charge is 0.385 e. The van der Waals surface area contributed by atoms with Crippen molar-refractivity contribution in [2.45, 2.75) is 18.1 Å². The van der Waals surface area contributed by atoms with E-state index in [2.05, 4.69) is 10.6 Å². The van der Waals surface area contributed by atoms with Crippen LogP contribution in [-0.2, 0) is 6.42 Å². The van der Waals surface area contributed by atoms with Gasteiger partial charge in [0.15, 0.2) is 0 Å². The van der Waals surface area contributed by atoms with E-state index in [0.29, 0.717) is 5.25 Å². The van der Waals surface area contributed by atoms with E-state index in [9.17, 15) is 4.79 Å². The maximum Gasteiger partial charge on any atom is 0.251 e. The molecule has 2 heterocycles. The number of carbonyl (C=O) groups is 1. The number of hydrogen-bond acceptors (Lipinski definition) is 4. The van der Waals surface area contributed by atoms with Gasteiger partial charge in [0, 0.05) is 46.8 Å². The molecule has 108 valence electrons. The summed E-state index contributed by atoms with van der Waals surface area (Å²) in [6.45, 7) is 1.82. The zero-order chi connectivity index (χ0) is 13.8. The maximum atomic E-state index is 12.2. The van der Waals surface area contributed by atoms with Crippen molar-refractivity contribution in [2.24, 2.45) is 0 Å². The third kappa shape index (κ3) is 3.44. The van der Waals surface area contributed by atoms with E-state index in [4.69, 9.17) is 0 Å². The SMILES string of the molecule is O=C(NCC1CSCCS1)c1ccc2c(c1)CCCN2. The summed E-state index contributed by atoms with van der Waals surface area (Å²) in [5.74, 6) is 3.66. The van der Waals surface area contributed by atoms with E-state index >= 15 is 0 Å². The molecular weight excluding hydrogens is 288 g/mol. The summed E-state index contributed by atoms with van der Waals surface area (Å²) in [4.78, 5) is 12.2. The third-order valence-corrected chi connectivity index (χ3v) is 6.53. The zero-order valence-corrected chi connectivity index (χ0v) is 13.1. The van der Waals surface area contributed by atoms with E-state index in [1.807, 2.05) is 41.7 Å². The highest BCUT2D eigenvalue weighted by Gasteiger charge is 2.16. The van der Waals surface area contributed by atoms with E-state index in [-0.39, 0.29) is 5.91 Å². The van der Waals surface area contributed by atoms with Crippen molar-refractivity contribution >= 4 is 35.1 Å². The van der Waals surface area contributed by atoms with Gasteiger partial charge in [-0.25, -0.2) is 0 Å². The van der Waals surface area contributed by atoms with Gasteiger partial charge in [-0.2, -0.15) is 23.5 Å². The number of aryl methyl sites for hydroxylation is 1. The second-order valence-corrected chi connectivity index (χ2v) is 7.74. The Morgan fingerprint density at radius 2 is 2.35 bits per heavy atom. The predicted octanol–water partition coefficient (Wildman–Crippen LogP) is 2.62. The smallest absolute Gasteiger partial charge is 0.251 e. The van der Waals surface area contributed by atoms with Crippen LogP contribution in [0.25, 0.3) is 0 Å². The fraction of sp³-hybridized carbons (Fsp3) is 0.533. The molecule has 0 saturated carbocycles. The highest BCUT2D eigenvalue weighted by molar-refractivity contribution is 8.06. The number of carbonyl (C=O) groups excluding carboxylic acids is 1. The van der Waals surface area contributed by atoms with Crippen LogP contribution in [0.1, 0.15) is 22.3 Å². The van der Waals surface area contributed by atoms with Gasteiger partial charge >= 0.3 is 0 Å². The minimum absolute atomic E-state index is 0.0644. The number of fused-ring (bicyclic) bond motifs is 1. The number of benzene rings is 1. The fourth-order valence-corrected chi connectivity index (χ4v) is 5.19. The Labute approximate surface area is 128 Å². The molecule has 1 aromatic carbocycles. The summed E-state index contributed by atoms with van der Waals surface area (Å²) in [7, 11) is 0. The van der Waals surface area contributed by atoms with Crippen LogP contribution in [0.5, 0.6) is 0 Å². The van der Waals surface area contributed by atoms with Crippen molar-refractivity contribution in [3.8, 4) is 0 Å². The topological polar surface area (TPSA) is 41.1 Å². The number of amides is 1. The number of hydrogen-bond donors (Lipinski definition) is 2. The first kappa shape index (κ1) is 14.1. The van der Waals surface area contributed by atoms with Crippen molar-refractivity contribution in [1.82, 2.24) is 5.32 Å². The number of anilines is 1. The predicted molar refractivity (Wildman–Crippen MR) is 89.2 cm³/mol. The van der Waals surface area contributed by atoms with Gasteiger partial charge in [-0.05, 0) is 36.6 Å². The van der Waals surface area contributed by atoms with Crippen LogP contribution in [0.2, 0.25) is 0 Å². The minimum atomic E-state index is 0.0644. The van der Waals surface area contributed by atoms with Gasteiger partial charge in [0.2, 0.25) is 0 Å². The normalized spacial score (nSPS) is 21.7. The molecule has 1 saturated heterocycles. The van der Waals surface area contributed by atoms with E-state index in [0.717, 1.165) is 37.2 Å². The summed E-state index contributed by atoms with van der Waals surface area (Å²) < 4.78 is 0. The molecule has 2 aliphatic rings. The quantitative estimate of drug-likeness (QED) is 0.901. The molecule has 2 aliphatic heterocycles. The third-order valence-electron chi connectivity index (χ3n) is 3.68. The molecule has 0 spiro atoms. The van der Waals surface area contributed by atoms with Gasteiger partial charge in [-0.3, -0.25) is 4.79 Å². The lowest BCUT2D eigenvalue weighted by atomic mass is 10.0. The number of nitrogens with one attached hydrogen (secondary N) is 2. The molecule has 3 rings (SSSR count). The molecule has 1 amide bonds. The lowest BCUT2D eigenvalue weighted by Gasteiger charge is -2.21. The summed E-state index contributed by atoms with van der Waals surface area (Å²) in [6.07, 6.45) is 2.21. The maximum absolute atomic E-state index is 12.2. The van der Waals surface area contributed by atoms with Crippen molar-refractivity contribution < 1.29 is 4.79 Å². The second-order valence-electron chi connectivity index (χ2n) is 5.18. The number of thioether (sulfide) groups is 2. The Hall–Kier alpha value is -0.810. The zero-order valence-electron chi connectivity index (χ0n) is 11.5. The number of rotatable bonds is 3. The first-order chi connectivity index (χ1) is 9.83. The lowest BCUT2D eigenvalue weighted by Crippen LogP contribution is -2.33. The molecule has 1 aromatic rings. The summed E-state index contributed by atoms with van der Waals surface area (Å²) in [5, 5.41) is 7.02. The van der Waals surface area contributed by atoms with E-state index in [1.165, 1.54) is 22.8 Å². The molecule has 1 fully saturated rings. The molecule has 3 nitrogen and oxygen atoms in total. The van der Waals surface area contributed by atoms with Crippen molar-refractivity contribution in [1.29, 1.82) is 0 Å². The summed E-state index contributed by atoms with van der Waals surface area (Å²) in [6, 6.07) is 6.00. The standard InChI is InChI=1S/C15H20N2OS2/c18-15(17-9-13-10-19-6-7-20-13)12-3-4-14-11(8-12)2-1-5-16-14/h3-4,8,13,16H,1-2,5-7,9-10H2,(H,17,18). The molecule has 0 aliphatic carbocycles. The van der Waals surface area contributed by atoms with Crippen LogP contribution in [0.15, 0.2) is 18.2 Å². The molecule has 0 aromatic heterocycles. The molecule has 1 unspecified atom stereocenters. The Morgan fingerprint density at radius 1 is 1.40 bits per heavy atom. The molecule has 0 bridgehead atoms. The summed E-state index contributed by atoms with van der Waals surface area (Å²) in [5.41, 5.74) is 3.25. The van der Waals surface area contributed by atoms with Crippen LogP contribution in [-0.4, -0.2) is 41.5 Å². The van der Waals surface area contributed by atoms with Crippen LogP contribution >= 0.6 is 23.5 Å². The van der Waals surface area contributed by atoms with Gasteiger partial charge in [-0.15, -0.1) is 0 Å². The average molecular weight is 308 g/mol. The van der Waals surface area contributed by atoms with E-state index < -0.39 is 0 Å². The molecule has 20 heavy (non-hydrogen) atoms. The van der Waals surface area contributed by atoms with Gasteiger partial charge in [0.1, 0.15) is 0 Å². The van der Waals surface area contributed by atoms with Gasteiger partial charge in [0.25, 0.3) is 5.91 Å². The first-order valence-corrected chi connectivity index (χ1v) is 9.37. The summed E-state index contributed by atoms with van der Waals surface area (Å²) >= 11 is 3.97. The van der Waals surface area contributed by atoms with Gasteiger partial charge in [0.05, 0.1) is 0 Å². The van der Waals surface area contributed by atoms with Gasteiger partial charge in [-0.1, -0.05) is 0 Å². The van der Waals surface area contributed by atoms with Crippen molar-refractivity contribution in [3.05, 3.63) is 29.3 Å². The Balaban J connectivity index is 1.59. The van der Waals surface area contributed by atoms with Crippen LogP contribution < -0.4 is 10.6 Å². The highest BCUT2D eigenvalue weighted by Crippen LogP contribution is 2.24. The first-order valence-electron chi connectivity index (χ1n) is 7.17. The fourth-order valence-electron chi connectivity index (χ4n) is 2.58. The molecule has 1 atom stereocenters. The monoisotopic (exact) mass is 308 g/mol. The second kappa shape index (κ2) is 6.76. The van der Waals surface area contributed by atoms with Crippen molar-refractivity contribution in [3.63, 3.8) is 0 Å². The van der Waals surface area contributed by atoms with Crippen molar-refractivity contribution in [2.75, 3.05) is 35.7 Å². The van der Waals surface area contributed by atoms with Gasteiger partial charge < -0.3 is 10.6 Å². The Morgan fingerprint density at radius 3 is 3.20 bits per heavy atom. The average Bonchev–Trinajstić information content (AvgIpc) is 2.53. The van der Waals surface area contributed by atoms with E-state index in [1.54, 1.807) is 0 Å². The highest BCUT2D eigenvalue weighted by atomic mass is 32.2. The molecule has 5 heteroatoms. The molecule has 2 N–H and O–H groups in total. The van der Waals surface area contributed by atoms with Crippen LogP contribution in [0.4, 0.5) is 5.69 Å². The minimum Gasteiger partial charge on any atom is -0.385 e. The van der Waals surface area contributed by atoms with Crippen LogP contribution in [0.3, 0.4) is 0 Å².